The molecule has 2 aliphatic heterocycles. The second kappa shape index (κ2) is 4.12. The molecule has 0 N–H and O–H groups in total. The molecule has 2 fully saturated rings. The molecular weight excluding hydrogens is 214 g/mol. The van der Waals surface area contributed by atoms with Crippen molar-refractivity contribution in [3.63, 3.8) is 0 Å². The third-order valence-electron chi connectivity index (χ3n) is 3.25. The van der Waals surface area contributed by atoms with Crippen LogP contribution in [0.5, 0.6) is 0 Å². The van der Waals surface area contributed by atoms with E-state index in [1.165, 1.54) is 0 Å². The fourth-order valence-corrected chi connectivity index (χ4v) is 4.24. The van der Waals surface area contributed by atoms with Crippen LogP contribution < -0.4 is 0 Å². The van der Waals surface area contributed by atoms with Crippen molar-refractivity contribution in [1.82, 2.24) is 4.90 Å². The van der Waals surface area contributed by atoms with Crippen LogP contribution in [0.2, 0.25) is 0 Å². The maximum Gasteiger partial charge on any atom is 0.222 e. The Bertz CT molecular complexity index is 344. The van der Waals surface area contributed by atoms with Gasteiger partial charge in [0.05, 0.1) is 11.5 Å². The number of hydrogen-bond acceptors (Lipinski definition) is 3. The zero-order valence-corrected chi connectivity index (χ0v) is 9.63. The molecule has 0 radical (unpaired) electrons. The van der Waals surface area contributed by atoms with Crippen molar-refractivity contribution in [2.45, 2.75) is 25.7 Å². The van der Waals surface area contributed by atoms with Gasteiger partial charge in [0.1, 0.15) is 0 Å². The van der Waals surface area contributed by atoms with Crippen LogP contribution in [0.15, 0.2) is 0 Å². The Labute approximate surface area is 90.6 Å². The Morgan fingerprint density at radius 1 is 1.27 bits per heavy atom. The summed E-state index contributed by atoms with van der Waals surface area (Å²) >= 11 is 0. The molecule has 0 aliphatic carbocycles. The molecule has 4 nitrogen and oxygen atoms in total. The zero-order chi connectivity index (χ0) is 10.9. The van der Waals surface area contributed by atoms with Crippen molar-refractivity contribution in [1.29, 1.82) is 0 Å². The standard InChI is InChI=1S/C10H17NO3S/c12-10(11-4-1-2-5-11)7-9-3-6-15(13,14)8-9/h9H,1-8H2/t9-/m0/s1. The Morgan fingerprint density at radius 2 is 1.93 bits per heavy atom. The second-order valence-corrected chi connectivity index (χ2v) is 6.79. The zero-order valence-electron chi connectivity index (χ0n) is 8.81. The molecule has 2 rings (SSSR count). The van der Waals surface area contributed by atoms with E-state index >= 15 is 0 Å². The summed E-state index contributed by atoms with van der Waals surface area (Å²) in [4.78, 5) is 13.6. The first-order valence-electron chi connectivity index (χ1n) is 5.55. The molecule has 2 aliphatic rings. The van der Waals surface area contributed by atoms with E-state index < -0.39 is 9.84 Å². The van der Waals surface area contributed by atoms with Crippen LogP contribution in [-0.2, 0) is 14.6 Å². The van der Waals surface area contributed by atoms with Gasteiger partial charge < -0.3 is 4.90 Å². The molecule has 1 amide bonds. The monoisotopic (exact) mass is 231 g/mol. The number of sulfone groups is 1. The van der Waals surface area contributed by atoms with E-state index in [1.807, 2.05) is 4.90 Å². The highest BCUT2D eigenvalue weighted by Gasteiger charge is 2.31. The van der Waals surface area contributed by atoms with Gasteiger partial charge in [0.2, 0.25) is 5.91 Å². The van der Waals surface area contributed by atoms with Gasteiger partial charge >= 0.3 is 0 Å². The Balaban J connectivity index is 1.85. The van der Waals surface area contributed by atoms with Gasteiger partial charge in [-0.1, -0.05) is 0 Å². The summed E-state index contributed by atoms with van der Waals surface area (Å²) in [6.07, 6.45) is 3.28. The normalized spacial score (nSPS) is 29.6. The van der Waals surface area contributed by atoms with Gasteiger partial charge in [-0.05, 0) is 25.2 Å². The molecule has 0 aromatic heterocycles. The molecule has 86 valence electrons. The largest absolute Gasteiger partial charge is 0.343 e. The first-order valence-corrected chi connectivity index (χ1v) is 7.37. The lowest BCUT2D eigenvalue weighted by Gasteiger charge is -2.17. The number of rotatable bonds is 2. The summed E-state index contributed by atoms with van der Waals surface area (Å²) in [6.45, 7) is 1.72. The molecule has 2 heterocycles. The SMILES string of the molecule is O=C(C[C@@H]1CCS(=O)(=O)C1)N1CCCC1. The predicted molar refractivity (Wildman–Crippen MR) is 57.2 cm³/mol. The summed E-state index contributed by atoms with van der Waals surface area (Å²) in [5, 5.41) is 0. The van der Waals surface area contributed by atoms with Crippen LogP contribution in [0.4, 0.5) is 0 Å². The number of hydrogen-bond donors (Lipinski definition) is 0. The third-order valence-corrected chi connectivity index (χ3v) is 5.09. The van der Waals surface area contributed by atoms with Crippen LogP contribution >= 0.6 is 0 Å². The highest BCUT2D eigenvalue weighted by molar-refractivity contribution is 7.91. The average molecular weight is 231 g/mol. The molecule has 1 atom stereocenters. The van der Waals surface area contributed by atoms with Crippen molar-refractivity contribution < 1.29 is 13.2 Å². The lowest BCUT2D eigenvalue weighted by molar-refractivity contribution is -0.130. The van der Waals surface area contributed by atoms with E-state index in [1.54, 1.807) is 0 Å². The summed E-state index contributed by atoms with van der Waals surface area (Å²) in [7, 11) is -2.84. The average Bonchev–Trinajstić information content (AvgIpc) is 2.74. The minimum atomic E-state index is -2.84. The van der Waals surface area contributed by atoms with Crippen molar-refractivity contribution in [3.05, 3.63) is 0 Å². The van der Waals surface area contributed by atoms with Gasteiger partial charge in [-0.2, -0.15) is 0 Å². The maximum atomic E-state index is 11.7. The van der Waals surface area contributed by atoms with Gasteiger partial charge in [-0.25, -0.2) is 8.42 Å². The molecular formula is C10H17NO3S. The Kier molecular flexibility index (Phi) is 3.00. The summed E-state index contributed by atoms with van der Waals surface area (Å²) in [5.74, 6) is 0.704. The number of amides is 1. The van der Waals surface area contributed by atoms with Gasteiger partial charge in [0, 0.05) is 19.5 Å². The van der Waals surface area contributed by atoms with E-state index in [9.17, 15) is 13.2 Å². The lowest BCUT2D eigenvalue weighted by atomic mass is 10.0. The minimum Gasteiger partial charge on any atom is -0.343 e. The molecule has 2 saturated heterocycles. The maximum absolute atomic E-state index is 11.7. The van der Waals surface area contributed by atoms with Crippen LogP contribution in [-0.4, -0.2) is 43.8 Å². The second-order valence-electron chi connectivity index (χ2n) is 4.56. The highest BCUT2D eigenvalue weighted by Crippen LogP contribution is 2.23. The summed E-state index contributed by atoms with van der Waals surface area (Å²) in [5.41, 5.74) is 0. The number of likely N-dealkylation sites (tertiary alicyclic amines) is 1. The van der Waals surface area contributed by atoms with Gasteiger partial charge in [0.25, 0.3) is 0 Å². The molecule has 15 heavy (non-hydrogen) atoms. The van der Waals surface area contributed by atoms with Crippen molar-refractivity contribution in [2.24, 2.45) is 5.92 Å². The fraction of sp³-hybridized carbons (Fsp3) is 0.900. The van der Waals surface area contributed by atoms with Crippen molar-refractivity contribution in [3.8, 4) is 0 Å². The van der Waals surface area contributed by atoms with Crippen molar-refractivity contribution in [2.75, 3.05) is 24.6 Å². The van der Waals surface area contributed by atoms with Crippen LogP contribution in [0.1, 0.15) is 25.7 Å². The molecule has 0 unspecified atom stereocenters. The molecule has 0 aromatic rings. The van der Waals surface area contributed by atoms with E-state index in [0.29, 0.717) is 12.8 Å². The molecule has 0 spiro atoms. The number of carbonyl (C=O) groups is 1. The Morgan fingerprint density at radius 3 is 2.47 bits per heavy atom. The molecule has 0 bridgehead atoms. The number of carbonyl (C=O) groups excluding carboxylic acids is 1. The summed E-state index contributed by atoms with van der Waals surface area (Å²) in [6, 6.07) is 0. The lowest BCUT2D eigenvalue weighted by Crippen LogP contribution is -2.29. The van der Waals surface area contributed by atoms with Gasteiger partial charge in [-0.3, -0.25) is 4.79 Å². The smallest absolute Gasteiger partial charge is 0.222 e. The van der Waals surface area contributed by atoms with E-state index in [0.717, 1.165) is 25.9 Å². The van der Waals surface area contributed by atoms with Gasteiger partial charge in [-0.15, -0.1) is 0 Å². The van der Waals surface area contributed by atoms with Crippen molar-refractivity contribution >= 4 is 15.7 Å². The first kappa shape index (κ1) is 10.9. The third kappa shape index (κ3) is 2.71. The molecule has 5 heteroatoms. The van der Waals surface area contributed by atoms with E-state index in [2.05, 4.69) is 0 Å². The number of nitrogens with zero attached hydrogens (tertiary/aromatic N) is 1. The predicted octanol–water partition coefficient (Wildman–Crippen LogP) is 0.434. The minimum absolute atomic E-state index is 0.0723. The molecule has 0 saturated carbocycles. The summed E-state index contributed by atoms with van der Waals surface area (Å²) < 4.78 is 22.4. The molecule has 0 aromatic carbocycles. The quantitative estimate of drug-likeness (QED) is 0.692. The van der Waals surface area contributed by atoms with Crippen LogP contribution in [0.3, 0.4) is 0 Å². The first-order chi connectivity index (χ1) is 7.07. The van der Waals surface area contributed by atoms with Crippen LogP contribution in [0.25, 0.3) is 0 Å². The fourth-order valence-electron chi connectivity index (χ4n) is 2.38. The topological polar surface area (TPSA) is 54.5 Å². The van der Waals surface area contributed by atoms with Gasteiger partial charge in [0.15, 0.2) is 9.84 Å². The van der Waals surface area contributed by atoms with Crippen LogP contribution in [0, 0.1) is 5.92 Å². The van der Waals surface area contributed by atoms with E-state index in [-0.39, 0.29) is 23.3 Å². The Hall–Kier alpha value is -0.580. The van der Waals surface area contributed by atoms with E-state index in [4.69, 9.17) is 0 Å². The highest BCUT2D eigenvalue weighted by atomic mass is 32.2.